The minimum Gasteiger partial charge on any atom is -0.480 e. The fraction of sp³-hybridized carbons (Fsp3) is 0.824. The number of hydrogen-bond donors (Lipinski definition) is 2. The van der Waals surface area contributed by atoms with E-state index in [0.29, 0.717) is 32.4 Å². The Morgan fingerprint density at radius 1 is 1.26 bits per heavy atom. The van der Waals surface area contributed by atoms with Gasteiger partial charge >= 0.3 is 5.97 Å². The van der Waals surface area contributed by atoms with Gasteiger partial charge in [-0.25, -0.2) is 4.79 Å². The minimum atomic E-state index is -1.10. The van der Waals surface area contributed by atoms with Crippen molar-refractivity contribution in [3.63, 3.8) is 0 Å². The monoisotopic (exact) mass is 324 g/mol. The van der Waals surface area contributed by atoms with Crippen LogP contribution >= 0.6 is 0 Å². The SMILES string of the molecule is CCC(C)C(=O)N1CCCC(C(=O)NC2(C(=O)O)CCCC2)C1. The smallest absolute Gasteiger partial charge is 0.329 e. The third-order valence-corrected chi connectivity index (χ3v) is 5.37. The number of nitrogens with zero attached hydrogens (tertiary/aromatic N) is 1. The minimum absolute atomic E-state index is 0.0306. The highest BCUT2D eigenvalue weighted by molar-refractivity contribution is 5.89. The lowest BCUT2D eigenvalue weighted by molar-refractivity contribution is -0.149. The average molecular weight is 324 g/mol. The normalized spacial score (nSPS) is 25.0. The number of likely N-dealkylation sites (tertiary alicyclic amines) is 1. The number of rotatable bonds is 5. The van der Waals surface area contributed by atoms with Crippen LogP contribution in [0.1, 0.15) is 58.8 Å². The molecule has 2 unspecified atom stereocenters. The Labute approximate surface area is 137 Å². The summed E-state index contributed by atoms with van der Waals surface area (Å²) < 4.78 is 0. The number of carbonyl (C=O) groups excluding carboxylic acids is 2. The Balaban J connectivity index is 1.99. The second-order valence-electron chi connectivity index (χ2n) is 7.02. The average Bonchev–Trinajstić information content (AvgIpc) is 3.03. The molecule has 0 bridgehead atoms. The number of aliphatic carboxylic acids is 1. The third-order valence-electron chi connectivity index (χ3n) is 5.37. The lowest BCUT2D eigenvalue weighted by Gasteiger charge is -2.35. The van der Waals surface area contributed by atoms with Crippen LogP contribution in [0.3, 0.4) is 0 Å². The molecule has 2 atom stereocenters. The highest BCUT2D eigenvalue weighted by Crippen LogP contribution is 2.31. The quantitative estimate of drug-likeness (QED) is 0.807. The molecule has 0 aromatic rings. The van der Waals surface area contributed by atoms with Gasteiger partial charge in [0.2, 0.25) is 11.8 Å². The van der Waals surface area contributed by atoms with E-state index in [0.717, 1.165) is 25.7 Å². The number of carbonyl (C=O) groups is 3. The van der Waals surface area contributed by atoms with E-state index in [1.54, 1.807) is 4.90 Å². The maximum atomic E-state index is 12.6. The van der Waals surface area contributed by atoms with Crippen LogP contribution in [-0.4, -0.2) is 46.4 Å². The molecule has 0 radical (unpaired) electrons. The summed E-state index contributed by atoms with van der Waals surface area (Å²) in [6.07, 6.45) is 4.94. The molecule has 2 rings (SSSR count). The van der Waals surface area contributed by atoms with Crippen molar-refractivity contribution < 1.29 is 19.5 Å². The molecule has 1 saturated carbocycles. The Morgan fingerprint density at radius 2 is 1.91 bits per heavy atom. The van der Waals surface area contributed by atoms with Crippen LogP contribution in [-0.2, 0) is 14.4 Å². The fourth-order valence-electron chi connectivity index (χ4n) is 3.59. The molecule has 0 aromatic carbocycles. The number of piperidine rings is 1. The van der Waals surface area contributed by atoms with E-state index in [1.165, 1.54) is 0 Å². The highest BCUT2D eigenvalue weighted by atomic mass is 16.4. The lowest BCUT2D eigenvalue weighted by atomic mass is 9.92. The Morgan fingerprint density at radius 3 is 2.48 bits per heavy atom. The second kappa shape index (κ2) is 7.32. The van der Waals surface area contributed by atoms with Crippen molar-refractivity contribution in [2.75, 3.05) is 13.1 Å². The maximum absolute atomic E-state index is 12.6. The second-order valence-corrected chi connectivity index (χ2v) is 7.02. The van der Waals surface area contributed by atoms with Gasteiger partial charge in [0.1, 0.15) is 5.54 Å². The molecule has 1 aliphatic carbocycles. The van der Waals surface area contributed by atoms with Gasteiger partial charge in [0.05, 0.1) is 5.92 Å². The molecule has 1 saturated heterocycles. The van der Waals surface area contributed by atoms with Gasteiger partial charge in [0, 0.05) is 19.0 Å². The summed E-state index contributed by atoms with van der Waals surface area (Å²) in [6.45, 7) is 4.99. The predicted molar refractivity (Wildman–Crippen MR) is 85.7 cm³/mol. The van der Waals surface area contributed by atoms with Gasteiger partial charge in [0.25, 0.3) is 0 Å². The first-order valence-electron chi connectivity index (χ1n) is 8.74. The maximum Gasteiger partial charge on any atom is 0.329 e. The van der Waals surface area contributed by atoms with E-state index in [4.69, 9.17) is 0 Å². The molecule has 1 heterocycles. The van der Waals surface area contributed by atoms with Crippen molar-refractivity contribution in [2.45, 2.75) is 64.3 Å². The molecule has 0 spiro atoms. The van der Waals surface area contributed by atoms with E-state index >= 15 is 0 Å². The van der Waals surface area contributed by atoms with Crippen molar-refractivity contribution in [2.24, 2.45) is 11.8 Å². The first-order valence-corrected chi connectivity index (χ1v) is 8.74. The van der Waals surface area contributed by atoms with Crippen LogP contribution in [0, 0.1) is 11.8 Å². The van der Waals surface area contributed by atoms with E-state index < -0.39 is 11.5 Å². The van der Waals surface area contributed by atoms with Crippen molar-refractivity contribution in [1.29, 1.82) is 0 Å². The summed E-state index contributed by atoms with van der Waals surface area (Å²) in [5.74, 6) is -1.38. The van der Waals surface area contributed by atoms with Gasteiger partial charge in [0.15, 0.2) is 0 Å². The standard InChI is InChI=1S/C17H28N2O4/c1-3-12(2)15(21)19-10-6-7-13(11-19)14(20)18-17(16(22)23)8-4-5-9-17/h12-13H,3-11H2,1-2H3,(H,18,20)(H,22,23). The van der Waals surface area contributed by atoms with Crippen molar-refractivity contribution in [3.05, 3.63) is 0 Å². The topological polar surface area (TPSA) is 86.7 Å². The molecule has 130 valence electrons. The molecule has 2 N–H and O–H groups in total. The first kappa shape index (κ1) is 17.8. The van der Waals surface area contributed by atoms with Crippen LogP contribution in [0.5, 0.6) is 0 Å². The Hall–Kier alpha value is -1.59. The third kappa shape index (κ3) is 3.85. The Kier molecular flexibility index (Phi) is 5.65. The van der Waals surface area contributed by atoms with Crippen molar-refractivity contribution in [3.8, 4) is 0 Å². The summed E-state index contributed by atoms with van der Waals surface area (Å²) in [6, 6.07) is 0. The van der Waals surface area contributed by atoms with Gasteiger partial charge in [-0.1, -0.05) is 26.7 Å². The zero-order valence-electron chi connectivity index (χ0n) is 14.1. The number of carboxylic acids is 1. The zero-order valence-corrected chi connectivity index (χ0v) is 14.1. The predicted octanol–water partition coefficient (Wildman–Crippen LogP) is 1.78. The summed E-state index contributed by atoms with van der Waals surface area (Å²) in [7, 11) is 0. The van der Waals surface area contributed by atoms with Crippen molar-refractivity contribution >= 4 is 17.8 Å². The highest BCUT2D eigenvalue weighted by Gasteiger charge is 2.44. The van der Waals surface area contributed by atoms with Crippen LogP contribution < -0.4 is 5.32 Å². The summed E-state index contributed by atoms with van der Waals surface area (Å²) >= 11 is 0. The lowest BCUT2D eigenvalue weighted by Crippen LogP contribution is -2.56. The van der Waals surface area contributed by atoms with Gasteiger partial charge < -0.3 is 15.3 Å². The van der Waals surface area contributed by atoms with Gasteiger partial charge in [-0.2, -0.15) is 0 Å². The summed E-state index contributed by atoms with van der Waals surface area (Å²) in [5.41, 5.74) is -1.10. The molecule has 23 heavy (non-hydrogen) atoms. The van der Waals surface area contributed by atoms with Crippen molar-refractivity contribution in [1.82, 2.24) is 10.2 Å². The molecule has 1 aliphatic heterocycles. The molecule has 2 aliphatic rings. The fourth-order valence-corrected chi connectivity index (χ4v) is 3.59. The largest absolute Gasteiger partial charge is 0.480 e. The van der Waals surface area contributed by atoms with Gasteiger partial charge in [-0.3, -0.25) is 9.59 Å². The van der Waals surface area contributed by atoms with Crippen LogP contribution in [0.2, 0.25) is 0 Å². The van der Waals surface area contributed by atoms with E-state index in [-0.39, 0.29) is 23.7 Å². The molecule has 2 amide bonds. The number of nitrogens with one attached hydrogen (secondary N) is 1. The van der Waals surface area contributed by atoms with E-state index in [2.05, 4.69) is 5.32 Å². The number of hydrogen-bond acceptors (Lipinski definition) is 3. The molecular formula is C17H28N2O4. The summed E-state index contributed by atoms with van der Waals surface area (Å²) in [5, 5.41) is 12.3. The van der Waals surface area contributed by atoms with Crippen LogP contribution in [0.15, 0.2) is 0 Å². The number of carboxylic acid groups (broad SMARTS) is 1. The zero-order chi connectivity index (χ0) is 17.0. The van der Waals surface area contributed by atoms with Gasteiger partial charge in [-0.05, 0) is 32.1 Å². The van der Waals surface area contributed by atoms with Gasteiger partial charge in [-0.15, -0.1) is 0 Å². The van der Waals surface area contributed by atoms with Crippen LogP contribution in [0.4, 0.5) is 0 Å². The Bertz CT molecular complexity index is 471. The molecule has 2 fully saturated rings. The van der Waals surface area contributed by atoms with Crippen LogP contribution in [0.25, 0.3) is 0 Å². The van der Waals surface area contributed by atoms with E-state index in [9.17, 15) is 19.5 Å². The molecule has 6 nitrogen and oxygen atoms in total. The molecule has 0 aromatic heterocycles. The molecular weight excluding hydrogens is 296 g/mol. The number of amides is 2. The summed E-state index contributed by atoms with van der Waals surface area (Å²) in [4.78, 5) is 38.2. The van der Waals surface area contributed by atoms with E-state index in [1.807, 2.05) is 13.8 Å². The molecule has 6 heteroatoms. The first-order chi connectivity index (χ1) is 10.9.